The summed E-state index contributed by atoms with van der Waals surface area (Å²) in [6, 6.07) is 3.90. The Bertz CT molecular complexity index is 561. The fourth-order valence-corrected chi connectivity index (χ4v) is 2.97. The Morgan fingerprint density at radius 1 is 1.35 bits per heavy atom. The fraction of sp³-hybridized carbons (Fsp3) is 0.250. The molecule has 0 radical (unpaired) electrons. The van der Waals surface area contributed by atoms with Gasteiger partial charge in [0.25, 0.3) is 0 Å². The molecule has 17 heavy (non-hydrogen) atoms. The molecule has 0 amide bonds. The highest BCUT2D eigenvalue weighted by Gasteiger charge is 2.12. The molecule has 0 saturated carbocycles. The van der Waals surface area contributed by atoms with Crippen molar-refractivity contribution in [2.45, 2.75) is 20.3 Å². The monoisotopic (exact) mass is 357 g/mol. The number of aryl methyl sites for hydroxylation is 2. The zero-order valence-corrected chi connectivity index (χ0v) is 12.8. The van der Waals surface area contributed by atoms with Gasteiger partial charge in [-0.3, -0.25) is 0 Å². The van der Waals surface area contributed by atoms with Gasteiger partial charge in [-0.15, -0.1) is 0 Å². The van der Waals surface area contributed by atoms with Crippen LogP contribution in [0, 0.1) is 6.92 Å². The SMILES string of the molecule is CCc1nc(-c2cc(Br)cc(Br)c2N)[nH]c1C. The van der Waals surface area contributed by atoms with Crippen molar-refractivity contribution in [1.82, 2.24) is 9.97 Å². The van der Waals surface area contributed by atoms with Crippen LogP contribution in [0.5, 0.6) is 0 Å². The highest BCUT2D eigenvalue weighted by molar-refractivity contribution is 9.11. The zero-order valence-electron chi connectivity index (χ0n) is 9.64. The lowest BCUT2D eigenvalue weighted by Crippen LogP contribution is -1.93. The van der Waals surface area contributed by atoms with Crippen LogP contribution in [0.3, 0.4) is 0 Å². The van der Waals surface area contributed by atoms with Crippen molar-refractivity contribution in [2.24, 2.45) is 0 Å². The minimum atomic E-state index is 0.699. The third-order valence-corrected chi connectivity index (χ3v) is 3.78. The van der Waals surface area contributed by atoms with Gasteiger partial charge in [0.15, 0.2) is 0 Å². The van der Waals surface area contributed by atoms with E-state index in [2.05, 4.69) is 48.8 Å². The highest BCUT2D eigenvalue weighted by Crippen LogP contribution is 2.34. The maximum absolute atomic E-state index is 6.06. The molecule has 90 valence electrons. The average Bonchev–Trinajstić information content (AvgIpc) is 2.64. The van der Waals surface area contributed by atoms with Crippen LogP contribution in [0.15, 0.2) is 21.1 Å². The summed E-state index contributed by atoms with van der Waals surface area (Å²) in [5.74, 6) is 0.818. The summed E-state index contributed by atoms with van der Waals surface area (Å²) in [5, 5.41) is 0. The maximum atomic E-state index is 6.06. The van der Waals surface area contributed by atoms with Gasteiger partial charge in [-0.1, -0.05) is 22.9 Å². The maximum Gasteiger partial charge on any atom is 0.139 e. The predicted molar refractivity (Wildman–Crippen MR) is 78.0 cm³/mol. The summed E-state index contributed by atoms with van der Waals surface area (Å²) in [5.41, 5.74) is 9.84. The van der Waals surface area contributed by atoms with Crippen LogP contribution in [0.1, 0.15) is 18.3 Å². The normalized spacial score (nSPS) is 10.8. The summed E-state index contributed by atoms with van der Waals surface area (Å²) in [7, 11) is 0. The Labute approximate surface area is 117 Å². The summed E-state index contributed by atoms with van der Waals surface area (Å²) in [6.45, 7) is 4.12. The van der Waals surface area contributed by atoms with E-state index < -0.39 is 0 Å². The molecule has 5 heteroatoms. The summed E-state index contributed by atoms with van der Waals surface area (Å²) in [6.07, 6.45) is 0.914. The van der Waals surface area contributed by atoms with E-state index in [9.17, 15) is 0 Å². The van der Waals surface area contributed by atoms with E-state index in [0.29, 0.717) is 5.69 Å². The number of halogens is 2. The molecule has 0 aliphatic heterocycles. The lowest BCUT2D eigenvalue weighted by Gasteiger charge is -2.06. The Hall–Kier alpha value is -0.810. The standard InChI is InChI=1S/C12H13Br2N3/c1-3-10-6(2)16-12(17-10)8-4-7(13)5-9(14)11(8)15/h4-5H,3,15H2,1-2H3,(H,16,17). The van der Waals surface area contributed by atoms with Gasteiger partial charge in [0.05, 0.1) is 11.4 Å². The Morgan fingerprint density at radius 2 is 2.06 bits per heavy atom. The second-order valence-electron chi connectivity index (χ2n) is 3.86. The van der Waals surface area contributed by atoms with Crippen molar-refractivity contribution in [3.05, 3.63) is 32.5 Å². The molecule has 1 aromatic carbocycles. The van der Waals surface area contributed by atoms with Crippen molar-refractivity contribution < 1.29 is 0 Å². The number of H-pyrrole nitrogens is 1. The van der Waals surface area contributed by atoms with E-state index in [1.165, 1.54) is 0 Å². The molecular formula is C12H13Br2N3. The van der Waals surface area contributed by atoms with Gasteiger partial charge in [-0.25, -0.2) is 4.98 Å². The van der Waals surface area contributed by atoms with E-state index in [0.717, 1.165) is 38.1 Å². The van der Waals surface area contributed by atoms with Crippen LogP contribution < -0.4 is 5.73 Å². The highest BCUT2D eigenvalue weighted by atomic mass is 79.9. The van der Waals surface area contributed by atoms with Gasteiger partial charge in [-0.05, 0) is 41.4 Å². The molecular weight excluding hydrogens is 346 g/mol. The molecule has 0 unspecified atom stereocenters. The lowest BCUT2D eigenvalue weighted by molar-refractivity contribution is 1.04. The molecule has 0 atom stereocenters. The van der Waals surface area contributed by atoms with Crippen LogP contribution in [0.2, 0.25) is 0 Å². The van der Waals surface area contributed by atoms with Crippen molar-refractivity contribution in [1.29, 1.82) is 0 Å². The van der Waals surface area contributed by atoms with Crippen molar-refractivity contribution in [3.63, 3.8) is 0 Å². The topological polar surface area (TPSA) is 54.7 Å². The fourth-order valence-electron chi connectivity index (χ4n) is 1.75. The minimum absolute atomic E-state index is 0.699. The van der Waals surface area contributed by atoms with Crippen LogP contribution in [-0.2, 0) is 6.42 Å². The summed E-state index contributed by atoms with van der Waals surface area (Å²) in [4.78, 5) is 7.84. The largest absolute Gasteiger partial charge is 0.397 e. The molecule has 2 rings (SSSR count). The molecule has 0 spiro atoms. The second kappa shape index (κ2) is 4.82. The zero-order chi connectivity index (χ0) is 12.6. The van der Waals surface area contributed by atoms with Crippen molar-refractivity contribution >= 4 is 37.5 Å². The molecule has 0 aliphatic carbocycles. The Kier molecular flexibility index (Phi) is 3.58. The quantitative estimate of drug-likeness (QED) is 0.795. The van der Waals surface area contributed by atoms with Gasteiger partial charge in [0.1, 0.15) is 5.82 Å². The van der Waals surface area contributed by atoms with Gasteiger partial charge in [0.2, 0.25) is 0 Å². The van der Waals surface area contributed by atoms with Gasteiger partial charge in [0, 0.05) is 20.2 Å². The van der Waals surface area contributed by atoms with Crippen LogP contribution in [0.25, 0.3) is 11.4 Å². The van der Waals surface area contributed by atoms with Gasteiger partial charge < -0.3 is 10.7 Å². The number of hydrogen-bond donors (Lipinski definition) is 2. The minimum Gasteiger partial charge on any atom is -0.397 e. The number of benzene rings is 1. The molecule has 2 aromatic rings. The van der Waals surface area contributed by atoms with Gasteiger partial charge in [-0.2, -0.15) is 0 Å². The van der Waals surface area contributed by atoms with Gasteiger partial charge >= 0.3 is 0 Å². The Balaban J connectivity index is 2.59. The number of nitrogens with one attached hydrogen (secondary N) is 1. The van der Waals surface area contributed by atoms with E-state index in [1.807, 2.05) is 19.1 Å². The number of rotatable bonds is 2. The molecule has 1 heterocycles. The molecule has 1 aromatic heterocycles. The second-order valence-corrected chi connectivity index (χ2v) is 5.63. The molecule has 0 saturated heterocycles. The van der Waals surface area contributed by atoms with E-state index >= 15 is 0 Å². The first-order valence-corrected chi connectivity index (χ1v) is 6.92. The number of aromatic amines is 1. The predicted octanol–water partition coefficient (Wildman–Crippen LogP) is 4.05. The first kappa shape index (κ1) is 12.6. The molecule has 3 N–H and O–H groups in total. The first-order chi connectivity index (χ1) is 8.02. The number of aromatic nitrogens is 2. The third kappa shape index (κ3) is 2.40. The third-order valence-electron chi connectivity index (χ3n) is 2.67. The number of nitrogens with two attached hydrogens (primary N) is 1. The van der Waals surface area contributed by atoms with E-state index in [4.69, 9.17) is 5.73 Å². The number of imidazole rings is 1. The molecule has 3 nitrogen and oxygen atoms in total. The number of hydrogen-bond acceptors (Lipinski definition) is 2. The number of nitrogens with zero attached hydrogens (tertiary/aromatic N) is 1. The molecule has 0 aliphatic rings. The summed E-state index contributed by atoms with van der Waals surface area (Å²) >= 11 is 6.90. The number of nitrogen functional groups attached to an aromatic ring is 1. The van der Waals surface area contributed by atoms with E-state index in [-0.39, 0.29) is 0 Å². The molecule has 0 fully saturated rings. The van der Waals surface area contributed by atoms with Crippen LogP contribution >= 0.6 is 31.9 Å². The smallest absolute Gasteiger partial charge is 0.139 e. The van der Waals surface area contributed by atoms with Crippen LogP contribution in [-0.4, -0.2) is 9.97 Å². The molecule has 0 bridgehead atoms. The van der Waals surface area contributed by atoms with Crippen molar-refractivity contribution in [2.75, 3.05) is 5.73 Å². The Morgan fingerprint density at radius 3 is 2.65 bits per heavy atom. The van der Waals surface area contributed by atoms with Crippen molar-refractivity contribution in [3.8, 4) is 11.4 Å². The van der Waals surface area contributed by atoms with Crippen LogP contribution in [0.4, 0.5) is 5.69 Å². The summed E-state index contributed by atoms with van der Waals surface area (Å²) < 4.78 is 1.84. The average molecular weight is 359 g/mol. The first-order valence-electron chi connectivity index (χ1n) is 5.33. The lowest BCUT2D eigenvalue weighted by atomic mass is 10.2. The van der Waals surface area contributed by atoms with E-state index in [1.54, 1.807) is 0 Å². The number of anilines is 1.